The average molecular weight is 402 g/mol. The van der Waals surface area contributed by atoms with Gasteiger partial charge in [-0.3, -0.25) is 9.52 Å². The minimum absolute atomic E-state index is 0.101. The van der Waals surface area contributed by atoms with Gasteiger partial charge < -0.3 is 5.32 Å². The van der Waals surface area contributed by atoms with E-state index < -0.39 is 34.3 Å². The molecule has 1 amide bonds. The quantitative estimate of drug-likeness (QED) is 0.683. The number of nitrogens with one attached hydrogen (secondary N) is 2. The number of rotatable bonds is 7. The molecule has 11 heteroatoms. The molecule has 1 heterocycles. The predicted molar refractivity (Wildman–Crippen MR) is 92.0 cm³/mol. The molecule has 1 saturated heterocycles. The van der Waals surface area contributed by atoms with E-state index >= 15 is 0 Å². The van der Waals surface area contributed by atoms with E-state index in [1.54, 1.807) is 0 Å². The van der Waals surface area contributed by atoms with E-state index in [9.17, 15) is 26.4 Å². The largest absolute Gasteiger partial charge is 0.412 e. The van der Waals surface area contributed by atoms with Crippen LogP contribution >= 0.6 is 0 Å². The summed E-state index contributed by atoms with van der Waals surface area (Å²) in [5, 5.41) is 11.3. The van der Waals surface area contributed by atoms with Gasteiger partial charge >= 0.3 is 16.4 Å². The van der Waals surface area contributed by atoms with E-state index in [-0.39, 0.29) is 23.4 Å². The molecule has 0 radical (unpaired) electrons. The lowest BCUT2D eigenvalue weighted by Crippen LogP contribution is -2.45. The Morgan fingerprint density at radius 3 is 2.52 bits per heavy atom. The second-order valence-corrected chi connectivity index (χ2v) is 7.51. The molecule has 146 valence electrons. The number of halogens is 3. The molecule has 0 saturated carbocycles. The predicted octanol–water partition coefficient (Wildman–Crippen LogP) is 2.16. The van der Waals surface area contributed by atoms with Gasteiger partial charge in [-0.25, -0.2) is 0 Å². The Morgan fingerprint density at radius 2 is 2.00 bits per heavy atom. The van der Waals surface area contributed by atoms with Crippen LogP contribution in [0.2, 0.25) is 0 Å². The fourth-order valence-electron chi connectivity index (χ4n) is 2.19. The van der Waals surface area contributed by atoms with Gasteiger partial charge in [0.05, 0.1) is 22.9 Å². The summed E-state index contributed by atoms with van der Waals surface area (Å²) in [7, 11) is -3.88. The normalized spacial score (nSPS) is 14.7. The molecular weight excluding hydrogens is 385 g/mol. The van der Waals surface area contributed by atoms with Crippen molar-refractivity contribution in [2.45, 2.75) is 19.0 Å². The number of anilines is 1. The Hall–Kier alpha value is -2.58. The van der Waals surface area contributed by atoms with E-state index in [0.29, 0.717) is 13.1 Å². The number of nitrogens with zero attached hydrogens (tertiary/aromatic N) is 2. The minimum atomic E-state index is -4.54. The third-order valence-electron chi connectivity index (χ3n) is 3.90. The van der Waals surface area contributed by atoms with Crippen molar-refractivity contribution < 1.29 is 26.4 Å². The van der Waals surface area contributed by atoms with Crippen LogP contribution in [0, 0.1) is 11.3 Å². The summed E-state index contributed by atoms with van der Waals surface area (Å²) < 4.78 is 65.2. The van der Waals surface area contributed by atoms with Crippen molar-refractivity contribution in [2.24, 2.45) is 0 Å². The van der Waals surface area contributed by atoms with Gasteiger partial charge in [0.15, 0.2) is 0 Å². The van der Waals surface area contributed by atoms with Gasteiger partial charge in [0, 0.05) is 25.2 Å². The van der Waals surface area contributed by atoms with Crippen molar-refractivity contribution in [2.75, 3.05) is 24.4 Å². The van der Waals surface area contributed by atoms with E-state index in [0.717, 1.165) is 6.42 Å². The van der Waals surface area contributed by atoms with Gasteiger partial charge in [0.2, 0.25) is 0 Å². The number of amides is 1. The molecule has 0 bridgehead atoms. The highest BCUT2D eigenvalue weighted by atomic mass is 32.2. The van der Waals surface area contributed by atoms with Crippen molar-refractivity contribution in [1.82, 2.24) is 9.62 Å². The molecule has 2 N–H and O–H groups in total. The van der Waals surface area contributed by atoms with Crippen LogP contribution in [0.5, 0.6) is 0 Å². The van der Waals surface area contributed by atoms with Crippen LogP contribution in [-0.4, -0.2) is 44.4 Å². The Bertz CT molecular complexity index is 887. The summed E-state index contributed by atoms with van der Waals surface area (Å²) in [6, 6.07) is 5.58. The van der Waals surface area contributed by atoms with Gasteiger partial charge in [-0.15, -0.1) is 0 Å². The number of nitriles is 1. The topological polar surface area (TPSA) is 102 Å². The first kappa shape index (κ1) is 20.7. The minimum Gasteiger partial charge on any atom is -0.352 e. The molecule has 2 rings (SSSR count). The molecule has 0 aliphatic carbocycles. The summed E-state index contributed by atoms with van der Waals surface area (Å²) in [6.07, 6.45) is -4.33. The fraction of sp³-hybridized carbons (Fsp3) is 0.375. The average Bonchev–Trinajstić information content (AvgIpc) is 2.50. The maximum Gasteiger partial charge on any atom is 0.412 e. The Morgan fingerprint density at radius 1 is 1.33 bits per heavy atom. The van der Waals surface area contributed by atoms with Crippen LogP contribution in [0.1, 0.15) is 28.8 Å². The van der Waals surface area contributed by atoms with Crippen molar-refractivity contribution in [3.63, 3.8) is 0 Å². The lowest BCUT2D eigenvalue weighted by atomic mass is 10.1. The molecule has 0 spiro atoms. The molecule has 1 aliphatic rings. The summed E-state index contributed by atoms with van der Waals surface area (Å²) in [4.78, 5) is 12.3. The van der Waals surface area contributed by atoms with Gasteiger partial charge in [-0.2, -0.15) is 31.2 Å². The molecule has 1 aliphatic heterocycles. The van der Waals surface area contributed by atoms with Crippen LogP contribution in [0.25, 0.3) is 0 Å². The van der Waals surface area contributed by atoms with Crippen LogP contribution < -0.4 is 10.0 Å². The Kier molecular flexibility index (Phi) is 6.12. The van der Waals surface area contributed by atoms with Crippen LogP contribution in [0.4, 0.5) is 18.9 Å². The van der Waals surface area contributed by atoms with E-state index in [2.05, 4.69) is 16.6 Å². The van der Waals surface area contributed by atoms with E-state index in [4.69, 9.17) is 5.26 Å². The number of alkyl halides is 3. The SMILES string of the molecule is C=C(CCNC(=O)c1ccc(C#N)cc1NS(=O)(=O)N1CCC1)C(F)(F)F. The number of carbonyl (C=O) groups excluding carboxylic acids is 1. The highest BCUT2D eigenvalue weighted by Crippen LogP contribution is 2.26. The highest BCUT2D eigenvalue weighted by molar-refractivity contribution is 7.90. The zero-order valence-electron chi connectivity index (χ0n) is 14.1. The maximum atomic E-state index is 12.4. The first-order chi connectivity index (χ1) is 12.5. The monoisotopic (exact) mass is 402 g/mol. The first-order valence-corrected chi connectivity index (χ1v) is 9.34. The summed E-state index contributed by atoms with van der Waals surface area (Å²) in [5.74, 6) is -0.768. The zero-order chi connectivity index (χ0) is 20.2. The number of benzene rings is 1. The molecule has 1 aromatic carbocycles. The van der Waals surface area contributed by atoms with E-state index in [1.807, 2.05) is 6.07 Å². The zero-order valence-corrected chi connectivity index (χ0v) is 15.0. The summed E-state index contributed by atoms with van der Waals surface area (Å²) in [5.41, 5.74) is -1.08. The molecule has 1 aromatic rings. The lowest BCUT2D eigenvalue weighted by molar-refractivity contribution is -0.0934. The summed E-state index contributed by atoms with van der Waals surface area (Å²) in [6.45, 7) is 3.27. The fourth-order valence-corrected chi connectivity index (χ4v) is 3.51. The standard InChI is InChI=1S/C16H17F3N4O3S/c1-11(16(17,18)19)5-6-21-15(24)13-4-3-12(10-20)9-14(13)22-27(25,26)23-7-2-8-23/h3-4,9,22H,1-2,5-8H2,(H,21,24). The van der Waals surface area contributed by atoms with E-state index in [1.165, 1.54) is 22.5 Å². The van der Waals surface area contributed by atoms with Crippen LogP contribution in [0.15, 0.2) is 30.4 Å². The smallest absolute Gasteiger partial charge is 0.352 e. The molecule has 0 unspecified atom stereocenters. The van der Waals surface area contributed by atoms with Gasteiger partial charge in [-0.1, -0.05) is 6.58 Å². The van der Waals surface area contributed by atoms with Crippen molar-refractivity contribution >= 4 is 21.8 Å². The van der Waals surface area contributed by atoms with Crippen molar-refractivity contribution in [1.29, 1.82) is 5.26 Å². The third kappa shape index (κ3) is 5.21. The van der Waals surface area contributed by atoms with Gasteiger partial charge in [0.1, 0.15) is 0 Å². The maximum absolute atomic E-state index is 12.4. The molecular formula is C16H17F3N4O3S. The molecule has 0 aromatic heterocycles. The van der Waals surface area contributed by atoms with Crippen LogP contribution in [0.3, 0.4) is 0 Å². The van der Waals surface area contributed by atoms with Crippen LogP contribution in [-0.2, 0) is 10.2 Å². The third-order valence-corrected chi connectivity index (χ3v) is 5.42. The second-order valence-electron chi connectivity index (χ2n) is 5.84. The number of hydrogen-bond donors (Lipinski definition) is 2. The second kappa shape index (κ2) is 7.98. The van der Waals surface area contributed by atoms with Gasteiger partial charge in [-0.05, 0) is 31.0 Å². The lowest BCUT2D eigenvalue weighted by Gasteiger charge is -2.30. The first-order valence-electron chi connectivity index (χ1n) is 7.90. The molecule has 7 nitrogen and oxygen atoms in total. The highest BCUT2D eigenvalue weighted by Gasteiger charge is 2.31. The van der Waals surface area contributed by atoms with Crippen molar-refractivity contribution in [3.8, 4) is 6.07 Å². The van der Waals surface area contributed by atoms with Crippen molar-refractivity contribution in [3.05, 3.63) is 41.5 Å². The number of carbonyl (C=O) groups is 1. The Labute approximate surface area is 154 Å². The molecule has 0 atom stereocenters. The summed E-state index contributed by atoms with van der Waals surface area (Å²) >= 11 is 0. The molecule has 1 fully saturated rings. The Balaban J connectivity index is 2.14. The number of hydrogen-bond acceptors (Lipinski definition) is 4. The van der Waals surface area contributed by atoms with Gasteiger partial charge in [0.25, 0.3) is 5.91 Å². The molecule has 27 heavy (non-hydrogen) atoms.